The highest BCUT2D eigenvalue weighted by Crippen LogP contribution is 2.30. The van der Waals surface area contributed by atoms with Crippen molar-refractivity contribution in [3.05, 3.63) is 71.8 Å². The Morgan fingerprint density at radius 3 is 2.33 bits per heavy atom. The van der Waals surface area contributed by atoms with Crippen molar-refractivity contribution in [3.8, 4) is 0 Å². The second kappa shape index (κ2) is 6.85. The van der Waals surface area contributed by atoms with Gasteiger partial charge in [0.15, 0.2) is 0 Å². The van der Waals surface area contributed by atoms with E-state index in [1.165, 1.54) is 11.1 Å². The van der Waals surface area contributed by atoms with E-state index in [0.29, 0.717) is 6.61 Å². The Bertz CT molecular complexity index is 544. The van der Waals surface area contributed by atoms with Gasteiger partial charge in [0.25, 0.3) is 0 Å². The molecule has 1 aliphatic heterocycles. The monoisotopic (exact) mass is 283 g/mol. The molecule has 3 rings (SSSR count). The smallest absolute Gasteiger partial charge is 0.100 e. The van der Waals surface area contributed by atoms with Crippen molar-refractivity contribution in [2.24, 2.45) is 0 Å². The second-order valence-electron chi connectivity index (χ2n) is 5.40. The van der Waals surface area contributed by atoms with Gasteiger partial charge >= 0.3 is 0 Å². The van der Waals surface area contributed by atoms with Crippen LogP contribution in [0.3, 0.4) is 0 Å². The third-order valence-corrected chi connectivity index (χ3v) is 4.01. The number of nitrogens with zero attached hydrogens (tertiary/aromatic N) is 1. The predicted molar refractivity (Wildman–Crippen MR) is 82.9 cm³/mol. The van der Waals surface area contributed by atoms with Crippen LogP contribution in [-0.4, -0.2) is 35.9 Å². The molecule has 0 unspecified atom stereocenters. The van der Waals surface area contributed by atoms with E-state index in [-0.39, 0.29) is 18.8 Å². The van der Waals surface area contributed by atoms with Gasteiger partial charge in [-0.25, -0.2) is 0 Å². The summed E-state index contributed by atoms with van der Waals surface area (Å²) in [5.41, 5.74) is 2.49. The van der Waals surface area contributed by atoms with Gasteiger partial charge in [-0.1, -0.05) is 60.7 Å². The summed E-state index contributed by atoms with van der Waals surface area (Å²) in [6, 6.07) is 20.9. The van der Waals surface area contributed by atoms with E-state index in [1.807, 2.05) is 24.3 Å². The third kappa shape index (κ3) is 3.32. The summed E-state index contributed by atoms with van der Waals surface area (Å²) in [5, 5.41) is 9.65. The number of hydrogen-bond donors (Lipinski definition) is 1. The lowest BCUT2D eigenvalue weighted by Crippen LogP contribution is -2.46. The van der Waals surface area contributed by atoms with Gasteiger partial charge in [-0.2, -0.15) is 0 Å². The van der Waals surface area contributed by atoms with Crippen molar-refractivity contribution in [1.82, 2.24) is 4.90 Å². The molecule has 0 saturated carbocycles. The van der Waals surface area contributed by atoms with Crippen LogP contribution in [0.1, 0.15) is 17.2 Å². The van der Waals surface area contributed by atoms with E-state index in [0.717, 1.165) is 13.1 Å². The molecule has 0 amide bonds. The van der Waals surface area contributed by atoms with E-state index >= 15 is 0 Å². The Labute approximate surface area is 125 Å². The molecule has 3 nitrogen and oxygen atoms in total. The average molecular weight is 283 g/mol. The van der Waals surface area contributed by atoms with Crippen LogP contribution in [0.4, 0.5) is 0 Å². The molecule has 0 radical (unpaired) electrons. The van der Waals surface area contributed by atoms with Crippen molar-refractivity contribution in [1.29, 1.82) is 0 Å². The Kier molecular flexibility index (Phi) is 4.65. The highest BCUT2D eigenvalue weighted by molar-refractivity contribution is 5.22. The summed E-state index contributed by atoms with van der Waals surface area (Å²) in [6.45, 7) is 2.47. The summed E-state index contributed by atoms with van der Waals surface area (Å²) in [4.78, 5) is 2.40. The van der Waals surface area contributed by atoms with Crippen LogP contribution in [0.5, 0.6) is 0 Å². The Balaban J connectivity index is 1.85. The molecule has 0 bridgehead atoms. The summed E-state index contributed by atoms with van der Waals surface area (Å²) in [5.74, 6) is 0. The van der Waals surface area contributed by atoms with Gasteiger partial charge in [-0.05, 0) is 11.1 Å². The van der Waals surface area contributed by atoms with Crippen LogP contribution in [0.15, 0.2) is 60.7 Å². The fourth-order valence-corrected chi connectivity index (χ4v) is 3.01. The molecule has 1 fully saturated rings. The van der Waals surface area contributed by atoms with E-state index in [4.69, 9.17) is 4.74 Å². The number of rotatable bonds is 4. The third-order valence-electron chi connectivity index (χ3n) is 4.01. The minimum atomic E-state index is -0.162. The summed E-state index contributed by atoms with van der Waals surface area (Å²) < 4.78 is 5.77. The molecule has 3 heteroatoms. The van der Waals surface area contributed by atoms with Gasteiger partial charge in [-0.15, -0.1) is 0 Å². The zero-order valence-electron chi connectivity index (χ0n) is 12.1. The van der Waals surface area contributed by atoms with Gasteiger partial charge in [0.05, 0.1) is 19.3 Å². The summed E-state index contributed by atoms with van der Waals surface area (Å²) >= 11 is 0. The first kappa shape index (κ1) is 14.3. The van der Waals surface area contributed by atoms with Crippen LogP contribution in [0.2, 0.25) is 0 Å². The fourth-order valence-electron chi connectivity index (χ4n) is 3.01. The first-order valence-electron chi connectivity index (χ1n) is 7.44. The molecule has 1 saturated heterocycles. The Hall–Kier alpha value is -1.68. The first-order chi connectivity index (χ1) is 10.4. The standard InChI is InChI=1S/C18H21NO2/c20-14-17-18(16-9-5-2-6-10-16)19(11-12-21-17)13-15-7-3-1-4-8-15/h1-10,17-18,20H,11-14H2/t17-,18+/m1/s1. The molecule has 1 heterocycles. The highest BCUT2D eigenvalue weighted by atomic mass is 16.5. The average Bonchev–Trinajstić information content (AvgIpc) is 2.56. The zero-order chi connectivity index (χ0) is 14.5. The van der Waals surface area contributed by atoms with E-state index in [9.17, 15) is 5.11 Å². The number of hydrogen-bond acceptors (Lipinski definition) is 3. The highest BCUT2D eigenvalue weighted by Gasteiger charge is 2.32. The maximum absolute atomic E-state index is 9.65. The lowest BCUT2D eigenvalue weighted by atomic mass is 9.97. The van der Waals surface area contributed by atoms with E-state index in [1.54, 1.807) is 0 Å². The molecule has 0 spiro atoms. The normalized spacial score (nSPS) is 23.1. The molecule has 0 aliphatic carbocycles. The molecular weight excluding hydrogens is 262 g/mol. The van der Waals surface area contributed by atoms with Crippen LogP contribution < -0.4 is 0 Å². The molecule has 2 aromatic rings. The van der Waals surface area contributed by atoms with Crippen LogP contribution in [-0.2, 0) is 11.3 Å². The number of aliphatic hydroxyl groups excluding tert-OH is 1. The lowest BCUT2D eigenvalue weighted by Gasteiger charge is -2.41. The quantitative estimate of drug-likeness (QED) is 0.936. The number of ether oxygens (including phenoxy) is 1. The van der Waals surface area contributed by atoms with Gasteiger partial charge < -0.3 is 9.84 Å². The van der Waals surface area contributed by atoms with E-state index < -0.39 is 0 Å². The van der Waals surface area contributed by atoms with Crippen molar-refractivity contribution in [3.63, 3.8) is 0 Å². The largest absolute Gasteiger partial charge is 0.394 e. The maximum Gasteiger partial charge on any atom is 0.100 e. The Morgan fingerprint density at radius 1 is 1.00 bits per heavy atom. The molecule has 110 valence electrons. The fraction of sp³-hybridized carbons (Fsp3) is 0.333. The lowest BCUT2D eigenvalue weighted by molar-refractivity contribution is -0.0960. The van der Waals surface area contributed by atoms with Gasteiger partial charge in [-0.3, -0.25) is 4.90 Å². The topological polar surface area (TPSA) is 32.7 Å². The van der Waals surface area contributed by atoms with Gasteiger partial charge in [0.2, 0.25) is 0 Å². The molecule has 2 atom stereocenters. The molecule has 2 aromatic carbocycles. The predicted octanol–water partition coefficient (Wildman–Crippen LogP) is 2.62. The summed E-state index contributed by atoms with van der Waals surface area (Å²) in [6.07, 6.45) is -0.162. The van der Waals surface area contributed by atoms with E-state index in [2.05, 4.69) is 41.3 Å². The number of morpholine rings is 1. The molecule has 21 heavy (non-hydrogen) atoms. The van der Waals surface area contributed by atoms with Gasteiger partial charge in [0, 0.05) is 13.1 Å². The van der Waals surface area contributed by atoms with Crippen LogP contribution >= 0.6 is 0 Å². The maximum atomic E-state index is 9.65. The van der Waals surface area contributed by atoms with Crippen molar-refractivity contribution < 1.29 is 9.84 Å². The molecule has 1 aliphatic rings. The van der Waals surface area contributed by atoms with Crippen LogP contribution in [0.25, 0.3) is 0 Å². The number of benzene rings is 2. The second-order valence-corrected chi connectivity index (χ2v) is 5.40. The van der Waals surface area contributed by atoms with Crippen LogP contribution in [0, 0.1) is 0 Å². The van der Waals surface area contributed by atoms with Gasteiger partial charge in [0.1, 0.15) is 6.10 Å². The minimum Gasteiger partial charge on any atom is -0.394 e. The van der Waals surface area contributed by atoms with Crippen molar-refractivity contribution >= 4 is 0 Å². The SMILES string of the molecule is OC[C@H]1OCCN(Cc2ccccc2)[C@H]1c1ccccc1. The molecule has 0 aromatic heterocycles. The minimum absolute atomic E-state index is 0.0465. The molecular formula is C18H21NO2. The Morgan fingerprint density at radius 2 is 1.67 bits per heavy atom. The molecule has 1 N–H and O–H groups in total. The zero-order valence-corrected chi connectivity index (χ0v) is 12.1. The first-order valence-corrected chi connectivity index (χ1v) is 7.44. The van der Waals surface area contributed by atoms with Crippen molar-refractivity contribution in [2.45, 2.75) is 18.7 Å². The van der Waals surface area contributed by atoms with Crippen molar-refractivity contribution in [2.75, 3.05) is 19.8 Å². The number of aliphatic hydroxyl groups is 1. The summed E-state index contributed by atoms with van der Waals surface area (Å²) in [7, 11) is 0.